The van der Waals surface area contributed by atoms with E-state index in [-0.39, 0.29) is 5.91 Å². The maximum Gasteiger partial charge on any atom is 0.345 e. The molecule has 132 valence electrons. The first-order valence-electron chi connectivity index (χ1n) is 7.79. The highest BCUT2D eigenvalue weighted by molar-refractivity contribution is 6.30. The van der Waals surface area contributed by atoms with Crippen LogP contribution in [0.1, 0.15) is 6.92 Å². The molecule has 2 aromatic carbocycles. The topological polar surface area (TPSA) is 84.1 Å². The molecule has 0 atom stereocenters. The molecule has 3 rings (SSSR count). The van der Waals surface area contributed by atoms with Gasteiger partial charge in [-0.25, -0.2) is 4.79 Å². The number of H-pyrrole nitrogens is 1. The normalized spacial score (nSPS) is 10.4. The van der Waals surface area contributed by atoms with Crippen molar-refractivity contribution in [3.63, 3.8) is 0 Å². The number of amides is 1. The second-order valence-corrected chi connectivity index (χ2v) is 6.02. The van der Waals surface area contributed by atoms with Gasteiger partial charge in [-0.2, -0.15) is 4.98 Å². The molecule has 1 heterocycles. The van der Waals surface area contributed by atoms with Gasteiger partial charge in [-0.1, -0.05) is 29.8 Å². The predicted octanol–water partition coefficient (Wildman–Crippen LogP) is 3.72. The van der Waals surface area contributed by atoms with Crippen molar-refractivity contribution in [2.45, 2.75) is 6.92 Å². The highest BCUT2D eigenvalue weighted by Crippen LogP contribution is 2.31. The maximum absolute atomic E-state index is 12.0. The highest BCUT2D eigenvalue weighted by atomic mass is 35.5. The van der Waals surface area contributed by atoms with Crippen LogP contribution >= 0.6 is 11.6 Å². The largest absolute Gasteiger partial charge is 0.495 e. The van der Waals surface area contributed by atoms with Gasteiger partial charge in [0, 0.05) is 23.1 Å². The zero-order valence-electron chi connectivity index (χ0n) is 14.2. The summed E-state index contributed by atoms with van der Waals surface area (Å²) in [6, 6.07) is 14.1. The van der Waals surface area contributed by atoms with Crippen molar-refractivity contribution in [2.24, 2.45) is 0 Å². The van der Waals surface area contributed by atoms with Gasteiger partial charge in [0.1, 0.15) is 5.75 Å². The lowest BCUT2D eigenvalue weighted by atomic mass is 10.1. The van der Waals surface area contributed by atoms with Crippen LogP contribution in [0.5, 0.6) is 5.75 Å². The monoisotopic (exact) mass is 369 g/mol. The van der Waals surface area contributed by atoms with E-state index in [4.69, 9.17) is 16.3 Å². The molecule has 0 radical (unpaired) electrons. The Balaban J connectivity index is 2.05. The van der Waals surface area contributed by atoms with Crippen LogP contribution in [-0.2, 0) is 4.79 Å². The van der Waals surface area contributed by atoms with Gasteiger partial charge in [0.15, 0.2) is 0 Å². The quantitative estimate of drug-likeness (QED) is 0.734. The zero-order chi connectivity index (χ0) is 18.7. The van der Waals surface area contributed by atoms with Crippen LogP contribution in [0, 0.1) is 0 Å². The predicted molar refractivity (Wildman–Crippen MR) is 102 cm³/mol. The lowest BCUT2D eigenvalue weighted by Crippen LogP contribution is -2.12. The van der Waals surface area contributed by atoms with Crippen molar-refractivity contribution in [1.82, 2.24) is 9.97 Å². The molecule has 3 aromatic rings. The average molecular weight is 370 g/mol. The third kappa shape index (κ3) is 3.92. The van der Waals surface area contributed by atoms with Crippen LogP contribution < -0.4 is 15.7 Å². The van der Waals surface area contributed by atoms with E-state index in [0.29, 0.717) is 27.8 Å². The number of hydrogen-bond acceptors (Lipinski definition) is 4. The summed E-state index contributed by atoms with van der Waals surface area (Å²) in [6.45, 7) is 1.42. The average Bonchev–Trinajstić information content (AvgIpc) is 2.61. The highest BCUT2D eigenvalue weighted by Gasteiger charge is 2.10. The van der Waals surface area contributed by atoms with E-state index >= 15 is 0 Å². The zero-order valence-corrected chi connectivity index (χ0v) is 14.9. The van der Waals surface area contributed by atoms with Gasteiger partial charge in [-0.3, -0.25) is 4.79 Å². The molecule has 2 N–H and O–H groups in total. The number of benzene rings is 2. The van der Waals surface area contributed by atoms with Crippen LogP contribution in [0.4, 0.5) is 5.69 Å². The van der Waals surface area contributed by atoms with Crippen molar-refractivity contribution in [2.75, 3.05) is 12.4 Å². The van der Waals surface area contributed by atoms with Crippen molar-refractivity contribution in [1.29, 1.82) is 0 Å². The van der Waals surface area contributed by atoms with E-state index in [9.17, 15) is 9.59 Å². The second-order valence-electron chi connectivity index (χ2n) is 5.59. The molecule has 0 saturated heterocycles. The van der Waals surface area contributed by atoms with E-state index in [1.807, 2.05) is 0 Å². The van der Waals surface area contributed by atoms with Gasteiger partial charge in [0.2, 0.25) is 5.91 Å². The lowest BCUT2D eigenvalue weighted by Gasteiger charge is -2.11. The van der Waals surface area contributed by atoms with E-state index in [1.54, 1.807) is 48.5 Å². The summed E-state index contributed by atoms with van der Waals surface area (Å²) in [5, 5.41) is 3.30. The van der Waals surface area contributed by atoms with Crippen LogP contribution in [0.2, 0.25) is 5.02 Å². The first kappa shape index (κ1) is 17.7. The molecule has 6 nitrogen and oxygen atoms in total. The smallest absolute Gasteiger partial charge is 0.345 e. The number of hydrogen-bond donors (Lipinski definition) is 2. The number of carbonyl (C=O) groups is 1. The van der Waals surface area contributed by atoms with Crippen LogP contribution in [0.3, 0.4) is 0 Å². The Bertz CT molecular complexity index is 1010. The Morgan fingerprint density at radius 1 is 1.12 bits per heavy atom. The Morgan fingerprint density at radius 2 is 1.81 bits per heavy atom. The fourth-order valence-corrected chi connectivity index (χ4v) is 2.66. The summed E-state index contributed by atoms with van der Waals surface area (Å²) in [7, 11) is 1.51. The summed E-state index contributed by atoms with van der Waals surface area (Å²) in [6.07, 6.45) is 0. The second kappa shape index (κ2) is 7.41. The van der Waals surface area contributed by atoms with Gasteiger partial charge in [0.25, 0.3) is 0 Å². The number of nitrogens with one attached hydrogen (secondary N) is 2. The third-order valence-electron chi connectivity index (χ3n) is 3.71. The van der Waals surface area contributed by atoms with Crippen LogP contribution in [0.25, 0.3) is 22.5 Å². The minimum Gasteiger partial charge on any atom is -0.495 e. The molecule has 0 spiro atoms. The summed E-state index contributed by atoms with van der Waals surface area (Å²) in [4.78, 5) is 30.0. The first-order chi connectivity index (χ1) is 12.5. The maximum atomic E-state index is 12.0. The number of aromatic nitrogens is 2. The molecular weight excluding hydrogens is 354 g/mol. The van der Waals surface area contributed by atoms with Crippen LogP contribution in [0.15, 0.2) is 53.3 Å². The van der Waals surface area contributed by atoms with Crippen molar-refractivity contribution in [3.8, 4) is 28.3 Å². The summed E-state index contributed by atoms with van der Waals surface area (Å²) in [5.74, 6) is 0.293. The molecule has 0 aliphatic rings. The lowest BCUT2D eigenvalue weighted by molar-refractivity contribution is -0.114. The Kier molecular flexibility index (Phi) is 5.04. The number of rotatable bonds is 4. The Morgan fingerprint density at radius 3 is 2.46 bits per heavy atom. The number of aromatic amines is 1. The molecule has 0 fully saturated rings. The van der Waals surface area contributed by atoms with Gasteiger partial charge < -0.3 is 15.0 Å². The van der Waals surface area contributed by atoms with E-state index in [1.165, 1.54) is 14.0 Å². The number of nitrogens with zero attached hydrogens (tertiary/aromatic N) is 1. The van der Waals surface area contributed by atoms with Crippen LogP contribution in [-0.4, -0.2) is 23.0 Å². The van der Waals surface area contributed by atoms with Crippen molar-refractivity contribution >= 4 is 23.2 Å². The SMILES string of the molecule is COc1cc(-c2cc(-c3ccc(Cl)cc3)nc(=O)[nH]2)ccc1NC(C)=O. The third-order valence-corrected chi connectivity index (χ3v) is 3.96. The molecule has 26 heavy (non-hydrogen) atoms. The van der Waals surface area contributed by atoms with Gasteiger partial charge >= 0.3 is 5.69 Å². The number of methoxy groups -OCH3 is 1. The molecule has 0 unspecified atom stereocenters. The minimum absolute atomic E-state index is 0.196. The molecule has 0 aliphatic heterocycles. The molecule has 0 aliphatic carbocycles. The summed E-state index contributed by atoms with van der Waals surface area (Å²) >= 11 is 5.91. The Hall–Kier alpha value is -3.12. The standard InChI is InChI=1S/C19H16ClN3O3/c1-11(24)21-15-8-5-13(9-18(15)26-2)17-10-16(22-19(25)23-17)12-3-6-14(20)7-4-12/h3-10H,1-2H3,(H,21,24)(H,22,23,25). The molecule has 1 amide bonds. The number of anilines is 1. The fourth-order valence-electron chi connectivity index (χ4n) is 2.53. The first-order valence-corrected chi connectivity index (χ1v) is 8.17. The van der Waals surface area contributed by atoms with E-state index in [2.05, 4.69) is 15.3 Å². The summed E-state index contributed by atoms with van der Waals surface area (Å²) < 4.78 is 5.33. The van der Waals surface area contributed by atoms with Gasteiger partial charge in [-0.05, 0) is 30.3 Å². The molecular formula is C19H16ClN3O3. The summed E-state index contributed by atoms with van der Waals surface area (Å²) in [5.41, 5.74) is 2.72. The minimum atomic E-state index is -0.461. The van der Waals surface area contributed by atoms with Gasteiger partial charge in [-0.15, -0.1) is 0 Å². The van der Waals surface area contributed by atoms with Crippen molar-refractivity contribution in [3.05, 3.63) is 64.0 Å². The number of carbonyl (C=O) groups excluding carboxylic acids is 1. The van der Waals surface area contributed by atoms with Crippen molar-refractivity contribution < 1.29 is 9.53 Å². The number of halogens is 1. The molecule has 1 aromatic heterocycles. The van der Waals surface area contributed by atoms with E-state index < -0.39 is 5.69 Å². The van der Waals surface area contributed by atoms with E-state index in [0.717, 1.165) is 11.1 Å². The van der Waals surface area contributed by atoms with Gasteiger partial charge in [0.05, 0.1) is 24.2 Å². The number of ether oxygens (including phenoxy) is 1. The molecule has 7 heteroatoms. The fraction of sp³-hybridized carbons (Fsp3) is 0.105. The Labute approximate surface area is 154 Å². The molecule has 0 saturated carbocycles. The molecule has 0 bridgehead atoms.